The smallest absolute Gasteiger partial charge is 0.396 e. The lowest BCUT2D eigenvalue weighted by Crippen LogP contribution is -2.39. The molecule has 0 amide bonds. The van der Waals surface area contributed by atoms with Crippen molar-refractivity contribution >= 4 is 7.82 Å². The summed E-state index contributed by atoms with van der Waals surface area (Å²) in [7, 11) is -4.64. The number of hydrogen-bond acceptors (Lipinski definition) is 5. The third kappa shape index (κ3) is 14.5. The topological polar surface area (TPSA) is 159 Å². The largest absolute Gasteiger partial charge is 0.466 e. The van der Waals surface area contributed by atoms with E-state index in [-0.39, 0.29) is 13.0 Å². The maximum Gasteiger partial charge on any atom is 0.466 e. The van der Waals surface area contributed by atoms with Crippen LogP contribution < -0.4 is 0 Å². The molecule has 0 aliphatic carbocycles. The van der Waals surface area contributed by atoms with Crippen molar-refractivity contribution in [1.82, 2.24) is 0 Å². The Bertz CT molecular complexity index is 176. The van der Waals surface area contributed by atoms with E-state index in [0.717, 1.165) is 0 Å². The first kappa shape index (κ1) is 16.4. The van der Waals surface area contributed by atoms with Gasteiger partial charge in [-0.2, -0.15) is 0 Å². The lowest BCUT2D eigenvalue weighted by atomic mass is 10.0. The fourth-order valence-corrected chi connectivity index (χ4v) is 0.355. The second-order valence-corrected chi connectivity index (χ2v) is 3.74. The van der Waals surface area contributed by atoms with Crippen LogP contribution in [0.15, 0.2) is 0 Å². The van der Waals surface area contributed by atoms with Crippen molar-refractivity contribution in [3.8, 4) is 0 Å². The van der Waals surface area contributed by atoms with E-state index in [1.165, 1.54) is 6.92 Å². The molecule has 0 aromatic carbocycles. The zero-order valence-electron chi connectivity index (χ0n) is 7.48. The van der Waals surface area contributed by atoms with E-state index in [9.17, 15) is 0 Å². The van der Waals surface area contributed by atoms with Crippen molar-refractivity contribution in [1.29, 1.82) is 0 Å². The number of phosphoric acid groups is 1. The van der Waals surface area contributed by atoms with Gasteiger partial charge in [-0.25, -0.2) is 4.57 Å². The highest BCUT2D eigenvalue weighted by Crippen LogP contribution is 2.25. The van der Waals surface area contributed by atoms with Gasteiger partial charge in [0.05, 0.1) is 0 Å². The lowest BCUT2D eigenvalue weighted by Gasteiger charge is -2.23. The Morgan fingerprint density at radius 1 is 1.29 bits per heavy atom. The third-order valence-corrected chi connectivity index (χ3v) is 1.17. The highest BCUT2D eigenvalue weighted by Gasteiger charge is 2.27. The molecule has 0 heterocycles. The van der Waals surface area contributed by atoms with Gasteiger partial charge in [0.25, 0.3) is 0 Å². The summed E-state index contributed by atoms with van der Waals surface area (Å²) in [5, 5.41) is 34.0. The molecule has 0 saturated heterocycles. The third-order valence-electron chi connectivity index (χ3n) is 1.17. The second kappa shape index (κ2) is 6.44. The molecule has 0 rings (SSSR count). The van der Waals surface area contributed by atoms with Crippen LogP contribution >= 0.6 is 7.82 Å². The number of hydrogen-bond donors (Lipinski definition) is 7. The molecular formula is C5H15O8P. The van der Waals surface area contributed by atoms with Crippen LogP contribution in [0.1, 0.15) is 13.3 Å². The molecule has 0 bridgehead atoms. The van der Waals surface area contributed by atoms with Crippen LogP contribution in [-0.2, 0) is 4.57 Å². The first-order chi connectivity index (χ1) is 6.00. The van der Waals surface area contributed by atoms with Crippen molar-refractivity contribution < 1.29 is 39.7 Å². The molecule has 9 heteroatoms. The number of aliphatic hydroxyl groups excluding tert-OH is 2. The van der Waals surface area contributed by atoms with Crippen molar-refractivity contribution in [3.05, 3.63) is 0 Å². The predicted molar refractivity (Wildman–Crippen MR) is 44.8 cm³/mol. The van der Waals surface area contributed by atoms with E-state index in [1.54, 1.807) is 0 Å². The first-order valence-corrected chi connectivity index (χ1v) is 5.05. The van der Waals surface area contributed by atoms with Crippen LogP contribution in [0.3, 0.4) is 0 Å². The minimum atomic E-state index is -4.64. The fraction of sp³-hybridized carbons (Fsp3) is 1.00. The molecule has 0 radical (unpaired) electrons. The molecule has 0 aliphatic rings. The fourth-order valence-electron chi connectivity index (χ4n) is 0.355. The summed E-state index contributed by atoms with van der Waals surface area (Å²) >= 11 is 0. The maximum absolute atomic E-state index is 8.93. The normalized spacial score (nSPS) is 15.8. The highest BCUT2D eigenvalue weighted by molar-refractivity contribution is 7.45. The van der Waals surface area contributed by atoms with E-state index in [2.05, 4.69) is 0 Å². The Labute approximate surface area is 80.3 Å². The van der Waals surface area contributed by atoms with Crippen molar-refractivity contribution in [3.63, 3.8) is 0 Å². The van der Waals surface area contributed by atoms with Crippen molar-refractivity contribution in [2.75, 3.05) is 6.61 Å². The Balaban J connectivity index is 0. The van der Waals surface area contributed by atoms with Crippen LogP contribution in [0.2, 0.25) is 0 Å². The summed E-state index contributed by atoms with van der Waals surface area (Å²) in [5.41, 5.74) is -1.59. The summed E-state index contributed by atoms with van der Waals surface area (Å²) in [4.78, 5) is 21.6. The van der Waals surface area contributed by atoms with Gasteiger partial charge in [0, 0.05) is 13.0 Å². The minimum absolute atomic E-state index is 0.0370. The Kier molecular flexibility index (Phi) is 7.53. The molecule has 7 N–H and O–H groups in total. The Morgan fingerprint density at radius 3 is 1.64 bits per heavy atom. The molecule has 1 atom stereocenters. The average Bonchev–Trinajstić information content (AvgIpc) is 1.82. The first-order valence-electron chi connectivity index (χ1n) is 3.48. The zero-order chi connectivity index (χ0) is 12.0. The van der Waals surface area contributed by atoms with Crippen molar-refractivity contribution in [2.24, 2.45) is 0 Å². The van der Waals surface area contributed by atoms with Crippen LogP contribution in [0, 0.1) is 0 Å². The molecule has 0 saturated carbocycles. The standard InChI is InChI=1S/C5H12O4.H3O4P/c1-5(9,2-3-6)4(7)8;1-5(2,3)4/h4,6-9H,2-3H2,1H3;(H3,1,2,3,4). The molecule has 14 heavy (non-hydrogen) atoms. The van der Waals surface area contributed by atoms with Gasteiger partial charge in [-0.3, -0.25) is 0 Å². The number of rotatable bonds is 3. The van der Waals surface area contributed by atoms with Gasteiger partial charge in [0.1, 0.15) is 5.60 Å². The van der Waals surface area contributed by atoms with Crippen LogP contribution in [0.5, 0.6) is 0 Å². The molecule has 0 aromatic heterocycles. The van der Waals surface area contributed by atoms with Gasteiger partial charge >= 0.3 is 7.82 Å². The zero-order valence-corrected chi connectivity index (χ0v) is 8.37. The van der Waals surface area contributed by atoms with Gasteiger partial charge < -0.3 is 35.1 Å². The summed E-state index contributed by atoms with van der Waals surface area (Å²) < 4.78 is 8.88. The van der Waals surface area contributed by atoms with Gasteiger partial charge in [0.15, 0.2) is 6.29 Å². The molecule has 0 aromatic rings. The minimum Gasteiger partial charge on any atom is -0.396 e. The van der Waals surface area contributed by atoms with E-state index >= 15 is 0 Å². The van der Waals surface area contributed by atoms with Gasteiger partial charge in [-0.1, -0.05) is 0 Å². The predicted octanol–water partition coefficient (Wildman–Crippen LogP) is -2.50. The van der Waals surface area contributed by atoms with E-state index in [0.29, 0.717) is 0 Å². The monoisotopic (exact) mass is 234 g/mol. The Morgan fingerprint density at radius 2 is 1.57 bits per heavy atom. The molecule has 0 fully saturated rings. The van der Waals surface area contributed by atoms with Crippen LogP contribution in [0.4, 0.5) is 0 Å². The molecule has 1 unspecified atom stereocenters. The highest BCUT2D eigenvalue weighted by atomic mass is 31.2. The van der Waals surface area contributed by atoms with Gasteiger partial charge in [-0.05, 0) is 6.92 Å². The summed E-state index contributed by atoms with van der Waals surface area (Å²) in [5.74, 6) is 0. The van der Waals surface area contributed by atoms with E-state index in [1.807, 2.05) is 0 Å². The number of aliphatic hydroxyl groups is 4. The van der Waals surface area contributed by atoms with E-state index in [4.69, 9.17) is 39.7 Å². The van der Waals surface area contributed by atoms with Crippen molar-refractivity contribution in [2.45, 2.75) is 25.2 Å². The molecule has 0 aliphatic heterocycles. The average molecular weight is 234 g/mol. The SMILES string of the molecule is CC(O)(CCO)C(O)O.O=P(O)(O)O. The van der Waals surface area contributed by atoms with E-state index < -0.39 is 19.7 Å². The van der Waals surface area contributed by atoms with Crippen LogP contribution in [0.25, 0.3) is 0 Å². The molecule has 88 valence electrons. The summed E-state index contributed by atoms with van der Waals surface area (Å²) in [6.45, 7) is 0.985. The molecule has 0 spiro atoms. The van der Waals surface area contributed by atoms with Gasteiger partial charge in [-0.15, -0.1) is 0 Å². The second-order valence-electron chi connectivity index (χ2n) is 2.72. The summed E-state index contributed by atoms with van der Waals surface area (Å²) in [6, 6.07) is 0. The van der Waals surface area contributed by atoms with Gasteiger partial charge in [0.2, 0.25) is 0 Å². The quantitative estimate of drug-likeness (QED) is 0.208. The molecular weight excluding hydrogens is 219 g/mol. The lowest BCUT2D eigenvalue weighted by molar-refractivity contribution is -0.181. The molecule has 8 nitrogen and oxygen atoms in total. The Hall–Kier alpha value is -0.0500. The summed E-state index contributed by atoms with van der Waals surface area (Å²) in [6.07, 6.45) is -1.82. The van der Waals surface area contributed by atoms with Crippen LogP contribution in [-0.4, -0.2) is 53.6 Å². The maximum atomic E-state index is 8.93.